The molecule has 0 saturated carbocycles. The van der Waals surface area contributed by atoms with Crippen molar-refractivity contribution in [2.75, 3.05) is 6.61 Å². The number of carboxylic acids is 1. The first-order chi connectivity index (χ1) is 11.3. The third kappa shape index (κ3) is 5.20. The fourth-order valence-electron chi connectivity index (χ4n) is 2.62. The van der Waals surface area contributed by atoms with Crippen molar-refractivity contribution >= 4 is 18.0 Å². The van der Waals surface area contributed by atoms with E-state index in [1.165, 1.54) is 0 Å². The molecule has 1 rings (SSSR count). The standard InChI is InChI=1S/C19H26O5/c1-5-17(21)24-18(14(4)19(22)23)13(3)16-9-8-12(2)11-15(16)7-6-10-20/h6-9,11,13-14,18,20H,5,10H2,1-4H3,(H,22,23)/b7-6+. The zero-order valence-electron chi connectivity index (χ0n) is 14.7. The summed E-state index contributed by atoms with van der Waals surface area (Å²) in [5.74, 6) is -2.55. The van der Waals surface area contributed by atoms with Crippen molar-refractivity contribution in [3.05, 3.63) is 41.0 Å². The molecule has 0 heterocycles. The highest BCUT2D eigenvalue weighted by Crippen LogP contribution is 2.31. The Labute approximate surface area is 143 Å². The average molecular weight is 334 g/mol. The molecule has 0 aliphatic heterocycles. The van der Waals surface area contributed by atoms with Crippen LogP contribution in [-0.2, 0) is 14.3 Å². The number of carbonyl (C=O) groups is 2. The molecule has 5 heteroatoms. The van der Waals surface area contributed by atoms with E-state index < -0.39 is 24.0 Å². The molecule has 132 valence electrons. The number of ether oxygens (including phenoxy) is 1. The van der Waals surface area contributed by atoms with E-state index in [9.17, 15) is 14.7 Å². The van der Waals surface area contributed by atoms with Gasteiger partial charge in [0, 0.05) is 12.3 Å². The summed E-state index contributed by atoms with van der Waals surface area (Å²) >= 11 is 0. The first-order valence-electron chi connectivity index (χ1n) is 8.12. The minimum atomic E-state index is -1.00. The topological polar surface area (TPSA) is 83.8 Å². The van der Waals surface area contributed by atoms with E-state index in [0.717, 1.165) is 16.7 Å². The third-order valence-electron chi connectivity index (χ3n) is 4.07. The van der Waals surface area contributed by atoms with Crippen LogP contribution in [0.2, 0.25) is 0 Å². The van der Waals surface area contributed by atoms with Gasteiger partial charge in [-0.05, 0) is 25.0 Å². The molecule has 0 aliphatic carbocycles. The predicted molar refractivity (Wildman–Crippen MR) is 92.7 cm³/mol. The molecule has 0 aliphatic rings. The molecule has 5 nitrogen and oxygen atoms in total. The van der Waals surface area contributed by atoms with Crippen molar-refractivity contribution in [2.24, 2.45) is 5.92 Å². The van der Waals surface area contributed by atoms with Crippen molar-refractivity contribution in [3.63, 3.8) is 0 Å². The van der Waals surface area contributed by atoms with Crippen molar-refractivity contribution in [2.45, 2.75) is 46.1 Å². The summed E-state index contributed by atoms with van der Waals surface area (Å²) in [6, 6.07) is 5.81. The van der Waals surface area contributed by atoms with Crippen LogP contribution in [0, 0.1) is 12.8 Å². The van der Waals surface area contributed by atoms with Crippen molar-refractivity contribution < 1.29 is 24.5 Å². The maximum absolute atomic E-state index is 11.7. The SMILES string of the molecule is CCC(=O)OC(C(C)C(=O)O)C(C)c1ccc(C)cc1/C=C/CO. The van der Waals surface area contributed by atoms with E-state index in [-0.39, 0.29) is 18.9 Å². The number of esters is 1. The van der Waals surface area contributed by atoms with Gasteiger partial charge in [-0.15, -0.1) is 0 Å². The number of carbonyl (C=O) groups excluding carboxylic acids is 1. The molecule has 0 spiro atoms. The first kappa shape index (κ1) is 19.9. The van der Waals surface area contributed by atoms with Gasteiger partial charge >= 0.3 is 11.9 Å². The summed E-state index contributed by atoms with van der Waals surface area (Å²) in [7, 11) is 0. The number of aryl methyl sites for hydroxylation is 1. The van der Waals surface area contributed by atoms with Crippen molar-refractivity contribution in [3.8, 4) is 0 Å². The molecular weight excluding hydrogens is 308 g/mol. The summed E-state index contributed by atoms with van der Waals surface area (Å²) in [5.41, 5.74) is 2.82. The molecular formula is C19H26O5. The van der Waals surface area contributed by atoms with Crippen LogP contribution in [-0.4, -0.2) is 34.9 Å². The summed E-state index contributed by atoms with van der Waals surface area (Å²) < 4.78 is 5.44. The van der Waals surface area contributed by atoms with Crippen molar-refractivity contribution in [1.29, 1.82) is 0 Å². The quantitative estimate of drug-likeness (QED) is 0.714. The molecule has 1 aromatic rings. The lowest BCUT2D eigenvalue weighted by Gasteiger charge is -2.28. The van der Waals surface area contributed by atoms with E-state index in [1.807, 2.05) is 32.0 Å². The van der Waals surface area contributed by atoms with Crippen LogP contribution < -0.4 is 0 Å². The summed E-state index contributed by atoms with van der Waals surface area (Å²) in [4.78, 5) is 23.2. The normalized spacial score (nSPS) is 15.0. The fraction of sp³-hybridized carbons (Fsp3) is 0.474. The van der Waals surface area contributed by atoms with E-state index in [2.05, 4.69) is 0 Å². The Kier molecular flexibility index (Phi) is 7.65. The molecule has 0 bridgehead atoms. The molecule has 0 aromatic heterocycles. The number of hydrogen-bond donors (Lipinski definition) is 2. The average Bonchev–Trinajstić information content (AvgIpc) is 2.56. The molecule has 0 amide bonds. The smallest absolute Gasteiger partial charge is 0.310 e. The van der Waals surface area contributed by atoms with Crippen LogP contribution >= 0.6 is 0 Å². The number of hydrogen-bond acceptors (Lipinski definition) is 4. The Balaban J connectivity index is 3.26. The number of aliphatic hydroxyl groups is 1. The number of benzene rings is 1. The second-order valence-corrected chi connectivity index (χ2v) is 5.94. The lowest BCUT2D eigenvalue weighted by Crippen LogP contribution is -2.35. The van der Waals surface area contributed by atoms with Crippen LogP contribution in [0.3, 0.4) is 0 Å². The molecule has 3 atom stereocenters. The predicted octanol–water partition coefficient (Wildman–Crippen LogP) is 3.15. The zero-order chi connectivity index (χ0) is 18.3. The van der Waals surface area contributed by atoms with Gasteiger partial charge in [-0.3, -0.25) is 9.59 Å². The van der Waals surface area contributed by atoms with Gasteiger partial charge in [-0.2, -0.15) is 0 Å². The minimum Gasteiger partial charge on any atom is -0.481 e. The van der Waals surface area contributed by atoms with Gasteiger partial charge in [0.15, 0.2) is 0 Å². The highest BCUT2D eigenvalue weighted by Gasteiger charge is 2.33. The summed E-state index contributed by atoms with van der Waals surface area (Å²) in [6.07, 6.45) is 2.85. The van der Waals surface area contributed by atoms with E-state index in [0.29, 0.717) is 0 Å². The van der Waals surface area contributed by atoms with Gasteiger partial charge < -0.3 is 14.9 Å². The highest BCUT2D eigenvalue weighted by atomic mass is 16.5. The second-order valence-electron chi connectivity index (χ2n) is 5.94. The van der Waals surface area contributed by atoms with Gasteiger partial charge in [-0.25, -0.2) is 0 Å². The Morgan fingerprint density at radius 2 is 1.96 bits per heavy atom. The second kappa shape index (κ2) is 9.23. The van der Waals surface area contributed by atoms with Gasteiger partial charge in [0.05, 0.1) is 12.5 Å². The Morgan fingerprint density at radius 3 is 2.50 bits per heavy atom. The molecule has 0 saturated heterocycles. The van der Waals surface area contributed by atoms with E-state index >= 15 is 0 Å². The van der Waals surface area contributed by atoms with Crippen LogP contribution in [0.5, 0.6) is 0 Å². The number of aliphatic hydroxyl groups excluding tert-OH is 1. The lowest BCUT2D eigenvalue weighted by molar-refractivity contribution is -0.159. The van der Waals surface area contributed by atoms with Gasteiger partial charge in [-0.1, -0.05) is 49.8 Å². The van der Waals surface area contributed by atoms with Crippen LogP contribution in [0.25, 0.3) is 6.08 Å². The molecule has 0 radical (unpaired) electrons. The molecule has 3 unspecified atom stereocenters. The van der Waals surface area contributed by atoms with Crippen LogP contribution in [0.1, 0.15) is 49.8 Å². The number of aliphatic carboxylic acids is 1. The van der Waals surface area contributed by atoms with Crippen LogP contribution in [0.4, 0.5) is 0 Å². The molecule has 0 fully saturated rings. The zero-order valence-corrected chi connectivity index (χ0v) is 14.7. The minimum absolute atomic E-state index is 0.0818. The van der Waals surface area contributed by atoms with Gasteiger partial charge in [0.25, 0.3) is 0 Å². The Bertz CT molecular complexity index is 606. The van der Waals surface area contributed by atoms with E-state index in [4.69, 9.17) is 9.84 Å². The Morgan fingerprint density at radius 1 is 1.29 bits per heavy atom. The summed E-state index contributed by atoms with van der Waals surface area (Å²) in [5, 5.41) is 18.4. The molecule has 24 heavy (non-hydrogen) atoms. The number of carboxylic acid groups (broad SMARTS) is 1. The lowest BCUT2D eigenvalue weighted by atomic mass is 9.84. The molecule has 1 aromatic carbocycles. The fourth-order valence-corrected chi connectivity index (χ4v) is 2.62. The van der Waals surface area contributed by atoms with Crippen LogP contribution in [0.15, 0.2) is 24.3 Å². The molecule has 2 N–H and O–H groups in total. The maximum Gasteiger partial charge on any atom is 0.310 e. The van der Waals surface area contributed by atoms with Gasteiger partial charge in [0.1, 0.15) is 6.10 Å². The first-order valence-corrected chi connectivity index (χ1v) is 8.12. The largest absolute Gasteiger partial charge is 0.481 e. The Hall–Kier alpha value is -2.14. The van der Waals surface area contributed by atoms with Crippen molar-refractivity contribution in [1.82, 2.24) is 0 Å². The monoisotopic (exact) mass is 334 g/mol. The highest BCUT2D eigenvalue weighted by molar-refractivity contribution is 5.73. The maximum atomic E-state index is 11.7. The third-order valence-corrected chi connectivity index (χ3v) is 4.07. The number of rotatable bonds is 8. The van der Waals surface area contributed by atoms with E-state index in [1.54, 1.807) is 26.0 Å². The van der Waals surface area contributed by atoms with Gasteiger partial charge in [0.2, 0.25) is 0 Å². The summed E-state index contributed by atoms with van der Waals surface area (Å²) in [6.45, 7) is 6.95.